The van der Waals surface area contributed by atoms with Gasteiger partial charge in [0.05, 0.1) is 11.0 Å². The number of benzene rings is 3. The van der Waals surface area contributed by atoms with Crippen LogP contribution in [0.25, 0.3) is 33.3 Å². The Morgan fingerprint density at radius 3 is 1.83 bits per heavy atom. The largest absolute Gasteiger partial charge is 0.381 e. The summed E-state index contributed by atoms with van der Waals surface area (Å²) in [4.78, 5) is 8.91. The van der Waals surface area contributed by atoms with Gasteiger partial charge in [0.25, 0.3) is 0 Å². The smallest absolute Gasteiger partial charge is 0.166 e. The third kappa shape index (κ3) is 2.34. The van der Waals surface area contributed by atoms with Crippen LogP contribution >= 0.6 is 0 Å². The van der Waals surface area contributed by atoms with Gasteiger partial charge in [-0.05, 0) is 22.8 Å². The van der Waals surface area contributed by atoms with Crippen LogP contribution in [-0.2, 0) is 0 Å². The Labute approximate surface area is 139 Å². The molecule has 0 unspecified atom stereocenters. The van der Waals surface area contributed by atoms with Crippen LogP contribution in [0.4, 0.5) is 11.6 Å². The predicted octanol–water partition coefficient (Wildman–Crippen LogP) is 4.13. The fraction of sp³-hybridized carbons (Fsp3) is 0. The second-order valence-corrected chi connectivity index (χ2v) is 5.58. The molecule has 24 heavy (non-hydrogen) atoms. The van der Waals surface area contributed by atoms with E-state index in [0.29, 0.717) is 0 Å². The lowest BCUT2D eigenvalue weighted by Crippen LogP contribution is -2.02. The van der Waals surface area contributed by atoms with Gasteiger partial charge in [-0.3, -0.25) is 0 Å². The van der Waals surface area contributed by atoms with Crippen LogP contribution in [0.15, 0.2) is 72.8 Å². The van der Waals surface area contributed by atoms with Crippen molar-refractivity contribution < 1.29 is 0 Å². The third-order valence-corrected chi connectivity index (χ3v) is 4.04. The number of nitrogens with two attached hydrogens (primary N) is 2. The minimum atomic E-state index is 0.255. The molecule has 4 nitrogen and oxygen atoms in total. The van der Waals surface area contributed by atoms with Crippen molar-refractivity contribution in [3.8, 4) is 22.3 Å². The molecule has 4 rings (SSSR count). The molecule has 0 fully saturated rings. The molecule has 3 aromatic carbocycles. The molecular formula is C20H16N4. The molecule has 0 aliphatic carbocycles. The SMILES string of the molecule is Nc1nc2ccc(-c3ccccc3)c(-c3ccccc3)c2nc1N. The summed E-state index contributed by atoms with van der Waals surface area (Å²) < 4.78 is 0. The molecule has 116 valence electrons. The van der Waals surface area contributed by atoms with Crippen molar-refractivity contribution in [2.24, 2.45) is 0 Å². The molecule has 0 atom stereocenters. The van der Waals surface area contributed by atoms with Gasteiger partial charge in [0.15, 0.2) is 11.6 Å². The zero-order chi connectivity index (χ0) is 16.5. The van der Waals surface area contributed by atoms with Gasteiger partial charge in [-0.2, -0.15) is 0 Å². The van der Waals surface area contributed by atoms with E-state index in [-0.39, 0.29) is 11.6 Å². The standard InChI is InChI=1S/C20H16N4/c21-19-20(22)24-18-16(23-19)12-11-15(13-7-3-1-4-8-13)17(18)14-9-5-2-6-10-14/h1-12H,(H2,21,23)(H2,22,24). The van der Waals surface area contributed by atoms with Gasteiger partial charge >= 0.3 is 0 Å². The highest BCUT2D eigenvalue weighted by atomic mass is 15.0. The zero-order valence-electron chi connectivity index (χ0n) is 13.0. The van der Waals surface area contributed by atoms with Gasteiger partial charge in [-0.25, -0.2) is 9.97 Å². The highest BCUT2D eigenvalue weighted by molar-refractivity contribution is 6.01. The number of anilines is 2. The number of nitrogens with zero attached hydrogens (tertiary/aromatic N) is 2. The predicted molar refractivity (Wildman–Crippen MR) is 99.2 cm³/mol. The second kappa shape index (κ2) is 5.66. The summed E-state index contributed by atoms with van der Waals surface area (Å²) in [6.07, 6.45) is 0. The lowest BCUT2D eigenvalue weighted by Gasteiger charge is -2.14. The van der Waals surface area contributed by atoms with Crippen molar-refractivity contribution in [2.75, 3.05) is 11.5 Å². The van der Waals surface area contributed by atoms with E-state index in [1.54, 1.807) is 0 Å². The monoisotopic (exact) mass is 312 g/mol. The molecule has 0 aliphatic rings. The fourth-order valence-corrected chi connectivity index (χ4v) is 2.90. The van der Waals surface area contributed by atoms with Gasteiger partial charge < -0.3 is 11.5 Å². The van der Waals surface area contributed by atoms with Crippen LogP contribution < -0.4 is 11.5 Å². The molecule has 1 aromatic heterocycles. The molecule has 1 heterocycles. The van der Waals surface area contributed by atoms with Crippen LogP contribution in [0.3, 0.4) is 0 Å². The number of hydrogen-bond donors (Lipinski definition) is 2. The first-order chi connectivity index (χ1) is 11.7. The van der Waals surface area contributed by atoms with Crippen molar-refractivity contribution >= 4 is 22.7 Å². The topological polar surface area (TPSA) is 77.8 Å². The van der Waals surface area contributed by atoms with Crippen LogP contribution in [0.1, 0.15) is 0 Å². The minimum absolute atomic E-state index is 0.255. The zero-order valence-corrected chi connectivity index (χ0v) is 13.0. The number of aromatic nitrogens is 2. The van der Waals surface area contributed by atoms with Gasteiger partial charge in [-0.1, -0.05) is 66.7 Å². The molecule has 0 spiro atoms. The molecule has 0 bridgehead atoms. The van der Waals surface area contributed by atoms with Crippen LogP contribution in [-0.4, -0.2) is 9.97 Å². The summed E-state index contributed by atoms with van der Waals surface area (Å²) in [5, 5.41) is 0. The highest BCUT2D eigenvalue weighted by Gasteiger charge is 2.15. The average molecular weight is 312 g/mol. The van der Waals surface area contributed by atoms with Crippen LogP contribution in [0.5, 0.6) is 0 Å². The van der Waals surface area contributed by atoms with Gasteiger partial charge in [0, 0.05) is 5.56 Å². The Morgan fingerprint density at radius 2 is 1.17 bits per heavy atom. The molecule has 0 amide bonds. The van der Waals surface area contributed by atoms with E-state index in [1.165, 1.54) is 0 Å². The lowest BCUT2D eigenvalue weighted by molar-refractivity contribution is 1.31. The van der Waals surface area contributed by atoms with Crippen molar-refractivity contribution in [1.29, 1.82) is 0 Å². The molecule has 0 aliphatic heterocycles. The summed E-state index contributed by atoms with van der Waals surface area (Å²) in [6, 6.07) is 24.4. The molecule has 4 N–H and O–H groups in total. The Hall–Kier alpha value is -3.40. The number of fused-ring (bicyclic) bond motifs is 1. The van der Waals surface area contributed by atoms with Gasteiger partial charge in [0.1, 0.15) is 0 Å². The number of hydrogen-bond acceptors (Lipinski definition) is 4. The normalized spacial score (nSPS) is 10.8. The maximum Gasteiger partial charge on any atom is 0.166 e. The van der Waals surface area contributed by atoms with Crippen molar-refractivity contribution in [3.05, 3.63) is 72.8 Å². The molecule has 0 saturated carbocycles. The summed E-state index contributed by atoms with van der Waals surface area (Å²) in [5.41, 5.74) is 17.5. The van der Waals surface area contributed by atoms with Crippen molar-refractivity contribution in [1.82, 2.24) is 9.97 Å². The maximum absolute atomic E-state index is 5.92. The molecule has 4 aromatic rings. The number of rotatable bonds is 2. The van der Waals surface area contributed by atoms with Crippen LogP contribution in [0.2, 0.25) is 0 Å². The van der Waals surface area contributed by atoms with E-state index >= 15 is 0 Å². The first-order valence-electron chi connectivity index (χ1n) is 7.70. The van der Waals surface area contributed by atoms with E-state index in [1.807, 2.05) is 42.5 Å². The number of nitrogen functional groups attached to an aromatic ring is 2. The summed E-state index contributed by atoms with van der Waals surface area (Å²) in [5.74, 6) is 0.513. The highest BCUT2D eigenvalue weighted by Crippen LogP contribution is 2.37. The molecular weight excluding hydrogens is 296 g/mol. The lowest BCUT2D eigenvalue weighted by atomic mass is 9.93. The quantitative estimate of drug-likeness (QED) is 0.583. The van der Waals surface area contributed by atoms with Gasteiger partial charge in [-0.15, -0.1) is 0 Å². The van der Waals surface area contributed by atoms with E-state index in [2.05, 4.69) is 40.3 Å². The Bertz CT molecular complexity index is 1010. The Balaban J connectivity index is 2.12. The average Bonchev–Trinajstić information content (AvgIpc) is 2.63. The van der Waals surface area contributed by atoms with E-state index in [9.17, 15) is 0 Å². The summed E-state index contributed by atoms with van der Waals surface area (Å²) >= 11 is 0. The fourth-order valence-electron chi connectivity index (χ4n) is 2.90. The van der Waals surface area contributed by atoms with E-state index in [0.717, 1.165) is 33.3 Å². The first kappa shape index (κ1) is 14.2. The van der Waals surface area contributed by atoms with Gasteiger partial charge in [0.2, 0.25) is 0 Å². The minimum Gasteiger partial charge on any atom is -0.381 e. The van der Waals surface area contributed by atoms with E-state index < -0.39 is 0 Å². The Kier molecular flexibility index (Phi) is 3.35. The summed E-state index contributed by atoms with van der Waals surface area (Å²) in [7, 11) is 0. The molecule has 0 saturated heterocycles. The Morgan fingerprint density at radius 1 is 0.583 bits per heavy atom. The van der Waals surface area contributed by atoms with Crippen molar-refractivity contribution in [2.45, 2.75) is 0 Å². The van der Waals surface area contributed by atoms with Crippen LogP contribution in [0, 0.1) is 0 Å². The maximum atomic E-state index is 5.92. The second-order valence-electron chi connectivity index (χ2n) is 5.58. The van der Waals surface area contributed by atoms with E-state index in [4.69, 9.17) is 11.5 Å². The summed E-state index contributed by atoms with van der Waals surface area (Å²) in [6.45, 7) is 0. The van der Waals surface area contributed by atoms with Crippen molar-refractivity contribution in [3.63, 3.8) is 0 Å². The molecule has 4 heteroatoms. The molecule has 0 radical (unpaired) electrons. The third-order valence-electron chi connectivity index (χ3n) is 4.04. The first-order valence-corrected chi connectivity index (χ1v) is 7.70.